The zero-order valence-electron chi connectivity index (χ0n) is 15.2. The molecule has 0 atom stereocenters. The summed E-state index contributed by atoms with van der Waals surface area (Å²) in [6, 6.07) is 7.10. The monoisotopic (exact) mass is 342 g/mol. The maximum atomic E-state index is 12.0. The zero-order valence-corrected chi connectivity index (χ0v) is 15.2. The predicted molar refractivity (Wildman–Crippen MR) is 98.0 cm³/mol. The van der Waals surface area contributed by atoms with Crippen LogP contribution in [0.15, 0.2) is 36.7 Å². The van der Waals surface area contributed by atoms with Gasteiger partial charge < -0.3 is 19.9 Å². The van der Waals surface area contributed by atoms with Crippen LogP contribution in [0.25, 0.3) is 0 Å². The fourth-order valence-electron chi connectivity index (χ4n) is 2.48. The van der Waals surface area contributed by atoms with Gasteiger partial charge in [0.2, 0.25) is 0 Å². The number of carbonyl (C=O) groups excluding carboxylic acids is 1. The van der Waals surface area contributed by atoms with Crippen LogP contribution in [-0.2, 0) is 16.4 Å². The van der Waals surface area contributed by atoms with Crippen molar-refractivity contribution < 1.29 is 14.1 Å². The van der Waals surface area contributed by atoms with Crippen LogP contribution < -0.4 is 16.1 Å². The number of aryl methyl sites for hydroxylation is 1. The normalized spacial score (nSPS) is 18.2. The molecule has 2 amide bonds. The van der Waals surface area contributed by atoms with Crippen molar-refractivity contribution in [1.29, 1.82) is 0 Å². The molecule has 2 N–H and O–H groups in total. The molecule has 0 aliphatic carbocycles. The van der Waals surface area contributed by atoms with Crippen LogP contribution in [0, 0.1) is 0 Å². The van der Waals surface area contributed by atoms with Gasteiger partial charge in [-0.2, -0.15) is 5.10 Å². The number of nitrogens with zero attached hydrogens (tertiary/aromatic N) is 2. The van der Waals surface area contributed by atoms with Crippen LogP contribution in [0.1, 0.15) is 27.7 Å². The topological polar surface area (TPSA) is 77.4 Å². The standard InChI is InChI=1S/C17H23BN4O3/c1-16(2)17(3,4)25-18(24-16)12-6-8-13(9-7-12)20-15(23)21-14-10-19-22(5)11-14/h6-11H,1-5H3,(H2,20,21,23). The number of benzene rings is 1. The minimum atomic E-state index is -0.414. The Morgan fingerprint density at radius 3 is 2.12 bits per heavy atom. The minimum Gasteiger partial charge on any atom is -0.399 e. The molecule has 0 saturated carbocycles. The van der Waals surface area contributed by atoms with E-state index in [1.54, 1.807) is 24.1 Å². The largest absolute Gasteiger partial charge is 0.494 e. The summed E-state index contributed by atoms with van der Waals surface area (Å²) in [7, 11) is 1.38. The predicted octanol–water partition coefficient (Wildman–Crippen LogP) is 2.36. The molecule has 1 aromatic heterocycles. The number of urea groups is 1. The molecule has 25 heavy (non-hydrogen) atoms. The van der Waals surface area contributed by atoms with Crippen molar-refractivity contribution in [3.8, 4) is 0 Å². The minimum absolute atomic E-state index is 0.323. The van der Waals surface area contributed by atoms with E-state index >= 15 is 0 Å². The van der Waals surface area contributed by atoms with Gasteiger partial charge in [0.25, 0.3) is 0 Å². The third-order valence-electron chi connectivity index (χ3n) is 4.66. The molecule has 8 heteroatoms. The summed E-state index contributed by atoms with van der Waals surface area (Å²) in [4.78, 5) is 12.0. The molecule has 1 fully saturated rings. The third kappa shape index (κ3) is 3.70. The number of carbonyl (C=O) groups is 1. The van der Waals surface area contributed by atoms with Gasteiger partial charge in [0.1, 0.15) is 0 Å². The molecule has 0 radical (unpaired) electrons. The molecule has 1 aromatic carbocycles. The number of hydrogen-bond acceptors (Lipinski definition) is 4. The summed E-state index contributed by atoms with van der Waals surface area (Å²) < 4.78 is 13.7. The summed E-state index contributed by atoms with van der Waals surface area (Å²) in [5.74, 6) is 0. The Morgan fingerprint density at radius 1 is 1.04 bits per heavy atom. The lowest BCUT2D eigenvalue weighted by Crippen LogP contribution is -2.41. The van der Waals surface area contributed by atoms with Crippen molar-refractivity contribution >= 4 is 30.0 Å². The number of amides is 2. The van der Waals surface area contributed by atoms with E-state index in [1.165, 1.54) is 0 Å². The van der Waals surface area contributed by atoms with Gasteiger partial charge in [0, 0.05) is 18.9 Å². The van der Waals surface area contributed by atoms with Gasteiger partial charge in [-0.1, -0.05) is 12.1 Å². The Morgan fingerprint density at radius 2 is 1.60 bits per heavy atom. The molecular weight excluding hydrogens is 319 g/mol. The number of nitrogens with one attached hydrogen (secondary N) is 2. The summed E-state index contributed by atoms with van der Waals surface area (Å²) in [6.07, 6.45) is 3.31. The average molecular weight is 342 g/mol. The first kappa shape index (κ1) is 17.5. The van der Waals surface area contributed by atoms with Gasteiger partial charge in [-0.05, 0) is 45.3 Å². The fraction of sp³-hybridized carbons (Fsp3) is 0.412. The van der Waals surface area contributed by atoms with Crippen LogP contribution in [0.5, 0.6) is 0 Å². The molecule has 0 bridgehead atoms. The van der Waals surface area contributed by atoms with Crippen LogP contribution in [0.2, 0.25) is 0 Å². The van der Waals surface area contributed by atoms with E-state index in [0.717, 1.165) is 5.46 Å². The highest BCUT2D eigenvalue weighted by atomic mass is 16.7. The van der Waals surface area contributed by atoms with Gasteiger partial charge in [-0.25, -0.2) is 4.79 Å². The molecule has 1 saturated heterocycles. The lowest BCUT2D eigenvalue weighted by molar-refractivity contribution is 0.00578. The van der Waals surface area contributed by atoms with Gasteiger partial charge in [0.05, 0.1) is 23.1 Å². The Kier molecular flexibility index (Phi) is 4.34. The van der Waals surface area contributed by atoms with Crippen molar-refractivity contribution in [3.63, 3.8) is 0 Å². The zero-order chi connectivity index (χ0) is 18.2. The summed E-state index contributed by atoms with van der Waals surface area (Å²) in [6.45, 7) is 8.08. The lowest BCUT2D eigenvalue weighted by Gasteiger charge is -2.32. The highest BCUT2D eigenvalue weighted by molar-refractivity contribution is 6.62. The number of aromatic nitrogens is 2. The molecule has 3 rings (SSSR count). The molecule has 1 aliphatic heterocycles. The van der Waals surface area contributed by atoms with E-state index in [-0.39, 0.29) is 17.2 Å². The van der Waals surface area contributed by atoms with E-state index in [0.29, 0.717) is 11.4 Å². The molecule has 2 aromatic rings. The Bertz CT molecular complexity index is 754. The van der Waals surface area contributed by atoms with Crippen molar-refractivity contribution in [2.45, 2.75) is 38.9 Å². The molecule has 1 aliphatic rings. The number of anilines is 2. The van der Waals surface area contributed by atoms with E-state index in [4.69, 9.17) is 9.31 Å². The van der Waals surface area contributed by atoms with Crippen molar-refractivity contribution in [2.75, 3.05) is 10.6 Å². The van der Waals surface area contributed by atoms with Crippen LogP contribution >= 0.6 is 0 Å². The average Bonchev–Trinajstić information content (AvgIpc) is 3.00. The smallest absolute Gasteiger partial charge is 0.399 e. The first-order chi connectivity index (χ1) is 11.7. The number of rotatable bonds is 3. The summed E-state index contributed by atoms with van der Waals surface area (Å²) >= 11 is 0. The first-order valence-corrected chi connectivity index (χ1v) is 8.18. The number of hydrogen-bond donors (Lipinski definition) is 2. The quantitative estimate of drug-likeness (QED) is 0.840. The van der Waals surface area contributed by atoms with Gasteiger partial charge in [-0.15, -0.1) is 0 Å². The molecule has 0 spiro atoms. The maximum Gasteiger partial charge on any atom is 0.494 e. The van der Waals surface area contributed by atoms with Gasteiger partial charge in [0.15, 0.2) is 0 Å². The molecule has 7 nitrogen and oxygen atoms in total. The molecule has 132 valence electrons. The second-order valence-electron chi connectivity index (χ2n) is 7.19. The van der Waals surface area contributed by atoms with Crippen LogP contribution in [0.4, 0.5) is 16.2 Å². The van der Waals surface area contributed by atoms with Crippen LogP contribution in [-0.4, -0.2) is 34.1 Å². The van der Waals surface area contributed by atoms with E-state index in [2.05, 4.69) is 15.7 Å². The fourth-order valence-corrected chi connectivity index (χ4v) is 2.48. The summed E-state index contributed by atoms with van der Waals surface area (Å²) in [5.41, 5.74) is 1.48. The highest BCUT2D eigenvalue weighted by Gasteiger charge is 2.51. The van der Waals surface area contributed by atoms with E-state index in [1.807, 2.05) is 52.0 Å². The van der Waals surface area contributed by atoms with Crippen molar-refractivity contribution in [3.05, 3.63) is 36.7 Å². The highest BCUT2D eigenvalue weighted by Crippen LogP contribution is 2.36. The van der Waals surface area contributed by atoms with Crippen molar-refractivity contribution in [1.82, 2.24) is 9.78 Å². The molecule has 2 heterocycles. The SMILES string of the molecule is Cn1cc(NC(=O)Nc2ccc(B3OC(C)(C)C(C)(C)O3)cc2)cn1. The lowest BCUT2D eigenvalue weighted by atomic mass is 9.79. The van der Waals surface area contributed by atoms with Crippen molar-refractivity contribution in [2.24, 2.45) is 7.05 Å². The maximum absolute atomic E-state index is 12.0. The Hall–Kier alpha value is -2.32. The van der Waals surface area contributed by atoms with Gasteiger partial charge in [-0.3, -0.25) is 4.68 Å². The Labute approximate surface area is 147 Å². The third-order valence-corrected chi connectivity index (χ3v) is 4.66. The molecule has 0 unspecified atom stereocenters. The second-order valence-corrected chi connectivity index (χ2v) is 7.19. The Balaban J connectivity index is 1.62. The summed E-state index contributed by atoms with van der Waals surface area (Å²) in [5, 5.41) is 9.50. The first-order valence-electron chi connectivity index (χ1n) is 8.18. The van der Waals surface area contributed by atoms with E-state index < -0.39 is 7.12 Å². The molecular formula is C17H23BN4O3. The van der Waals surface area contributed by atoms with Crippen LogP contribution in [0.3, 0.4) is 0 Å². The van der Waals surface area contributed by atoms with Gasteiger partial charge >= 0.3 is 13.1 Å². The van der Waals surface area contributed by atoms with E-state index in [9.17, 15) is 4.79 Å². The second kappa shape index (κ2) is 6.20.